The molecule has 26 heavy (non-hydrogen) atoms. The van der Waals surface area contributed by atoms with E-state index in [0.717, 1.165) is 18.7 Å². The maximum atomic E-state index is 14.5. The number of aromatic carboxylic acids is 1. The van der Waals surface area contributed by atoms with Gasteiger partial charge in [0.1, 0.15) is 16.9 Å². The van der Waals surface area contributed by atoms with E-state index in [1.165, 1.54) is 4.68 Å². The Bertz CT molecular complexity index is 974. The summed E-state index contributed by atoms with van der Waals surface area (Å²) >= 11 is 0. The van der Waals surface area contributed by atoms with Gasteiger partial charge in [-0.05, 0) is 32.4 Å². The quantitative estimate of drug-likeness (QED) is 0.879. The smallest absolute Gasteiger partial charge is 0.341 e. The molecule has 6 nitrogen and oxygen atoms in total. The Morgan fingerprint density at radius 1 is 1.27 bits per heavy atom. The molecule has 2 fully saturated rings. The molecule has 0 saturated carbocycles. The van der Waals surface area contributed by atoms with Gasteiger partial charge in [-0.1, -0.05) is 0 Å². The second-order valence-electron chi connectivity index (χ2n) is 7.25. The van der Waals surface area contributed by atoms with Crippen LogP contribution in [-0.2, 0) is 0 Å². The van der Waals surface area contributed by atoms with E-state index >= 15 is 0 Å². The second-order valence-corrected chi connectivity index (χ2v) is 7.25. The Balaban J connectivity index is 1.89. The molecule has 1 aromatic carbocycles. The molecule has 138 valence electrons. The summed E-state index contributed by atoms with van der Waals surface area (Å²) in [5.41, 5.74) is -1.47. The van der Waals surface area contributed by atoms with Crippen LogP contribution >= 0.6 is 0 Å². The average Bonchev–Trinajstić information content (AvgIpc) is 3.08. The minimum atomic E-state index is -1.42. The van der Waals surface area contributed by atoms with Crippen molar-refractivity contribution in [3.63, 3.8) is 0 Å². The van der Waals surface area contributed by atoms with Crippen molar-refractivity contribution in [1.82, 2.24) is 9.58 Å². The van der Waals surface area contributed by atoms with E-state index in [9.17, 15) is 23.5 Å². The van der Waals surface area contributed by atoms with Crippen LogP contribution in [-0.4, -0.2) is 52.9 Å². The molecule has 8 heteroatoms. The molecule has 4 rings (SSSR count). The third-order valence-electron chi connectivity index (χ3n) is 5.78. The minimum absolute atomic E-state index is 0.0860. The van der Waals surface area contributed by atoms with E-state index in [1.807, 2.05) is 12.1 Å². The van der Waals surface area contributed by atoms with Crippen LogP contribution in [0.1, 0.15) is 23.7 Å². The van der Waals surface area contributed by atoms with Crippen LogP contribution < -0.4 is 10.4 Å². The van der Waals surface area contributed by atoms with Gasteiger partial charge < -0.3 is 10.1 Å². The number of rotatable bonds is 2. The first kappa shape index (κ1) is 17.0. The number of halogens is 2. The van der Waals surface area contributed by atoms with Crippen molar-refractivity contribution in [2.24, 2.45) is 5.92 Å². The number of likely N-dealkylation sites (N-methyl/N-ethyl adjacent to an activating group) is 1. The molecule has 2 aliphatic rings. The fraction of sp³-hybridized carbons (Fsp3) is 0.444. The number of pyridine rings is 1. The summed E-state index contributed by atoms with van der Waals surface area (Å²) in [6.07, 6.45) is 2.15. The number of fused-ring (bicyclic) bond motifs is 2. The Kier molecular flexibility index (Phi) is 3.76. The first-order chi connectivity index (χ1) is 12.3. The standard InChI is InChI=1S/C18H19F2N3O3/c1-9-3-10-6-22(8-15(10)21(9)2)23-7-13(18(25)26)17(24)12-4-11(19)5-14(20)16(12)23/h4-5,7,9-10,15H,3,6,8H2,1-2H3,(H,25,26). The topological polar surface area (TPSA) is 65.8 Å². The van der Waals surface area contributed by atoms with Crippen molar-refractivity contribution in [3.05, 3.63) is 45.8 Å². The summed E-state index contributed by atoms with van der Waals surface area (Å²) in [7, 11) is 2.04. The minimum Gasteiger partial charge on any atom is -0.477 e. The lowest BCUT2D eigenvalue weighted by Crippen LogP contribution is -2.40. The Labute approximate surface area is 148 Å². The number of likely N-dealkylation sites (tertiary alicyclic amines) is 1. The summed E-state index contributed by atoms with van der Waals surface area (Å²) in [6.45, 7) is 3.36. The zero-order chi connectivity index (χ0) is 18.7. The summed E-state index contributed by atoms with van der Waals surface area (Å²) in [5.74, 6) is -2.83. The number of carboxylic acid groups (broad SMARTS) is 1. The van der Waals surface area contributed by atoms with E-state index in [2.05, 4.69) is 11.8 Å². The van der Waals surface area contributed by atoms with Gasteiger partial charge in [0.2, 0.25) is 5.43 Å². The van der Waals surface area contributed by atoms with E-state index in [1.54, 1.807) is 0 Å². The van der Waals surface area contributed by atoms with Crippen molar-refractivity contribution in [2.45, 2.75) is 25.4 Å². The molecule has 2 aliphatic heterocycles. The van der Waals surface area contributed by atoms with Crippen molar-refractivity contribution in [1.29, 1.82) is 0 Å². The highest BCUT2D eigenvalue weighted by Crippen LogP contribution is 2.34. The highest BCUT2D eigenvalue weighted by atomic mass is 19.1. The molecular weight excluding hydrogens is 344 g/mol. The third kappa shape index (κ3) is 2.39. The summed E-state index contributed by atoms with van der Waals surface area (Å²) in [4.78, 5) is 26.1. The van der Waals surface area contributed by atoms with E-state index in [4.69, 9.17) is 0 Å². The average molecular weight is 363 g/mol. The molecule has 0 amide bonds. The fourth-order valence-electron chi connectivity index (χ4n) is 4.37. The Morgan fingerprint density at radius 3 is 2.65 bits per heavy atom. The van der Waals surface area contributed by atoms with Gasteiger partial charge >= 0.3 is 5.97 Å². The molecule has 3 heterocycles. The van der Waals surface area contributed by atoms with Crippen molar-refractivity contribution in [3.8, 4) is 0 Å². The SMILES string of the molecule is CC1CC2CN(n3cc(C(=O)O)c(=O)c4cc(F)cc(F)c43)CC2N1C. The molecular formula is C18H19F2N3O3. The first-order valence-corrected chi connectivity index (χ1v) is 8.52. The van der Waals surface area contributed by atoms with Crippen LogP contribution in [0.15, 0.2) is 23.1 Å². The van der Waals surface area contributed by atoms with Crippen molar-refractivity contribution < 1.29 is 18.7 Å². The van der Waals surface area contributed by atoms with E-state index in [-0.39, 0.29) is 16.9 Å². The summed E-state index contributed by atoms with van der Waals surface area (Å²) in [6, 6.07) is 2.34. The maximum Gasteiger partial charge on any atom is 0.341 e. The lowest BCUT2D eigenvalue weighted by atomic mass is 10.0. The largest absolute Gasteiger partial charge is 0.477 e. The van der Waals surface area contributed by atoms with Crippen LogP contribution in [0.25, 0.3) is 10.9 Å². The molecule has 2 aromatic rings. The molecule has 3 unspecified atom stereocenters. The number of benzene rings is 1. The lowest BCUT2D eigenvalue weighted by molar-refractivity contribution is 0.0694. The fourth-order valence-corrected chi connectivity index (χ4v) is 4.37. The molecule has 0 spiro atoms. The van der Waals surface area contributed by atoms with Crippen molar-refractivity contribution >= 4 is 16.9 Å². The van der Waals surface area contributed by atoms with Gasteiger partial charge in [-0.2, -0.15) is 0 Å². The monoisotopic (exact) mass is 363 g/mol. The molecule has 2 saturated heterocycles. The Morgan fingerprint density at radius 2 is 2.00 bits per heavy atom. The molecule has 1 aromatic heterocycles. The van der Waals surface area contributed by atoms with Crippen LogP contribution in [0.4, 0.5) is 8.78 Å². The van der Waals surface area contributed by atoms with Crippen LogP contribution in [0.5, 0.6) is 0 Å². The predicted molar refractivity (Wildman–Crippen MR) is 92.2 cm³/mol. The summed E-state index contributed by atoms with van der Waals surface area (Å²) in [5, 5.41) is 10.9. The number of nitrogens with zero attached hydrogens (tertiary/aromatic N) is 3. The second kappa shape index (κ2) is 5.77. The number of carbonyl (C=O) groups is 1. The Hall–Kier alpha value is -2.48. The first-order valence-electron chi connectivity index (χ1n) is 8.52. The van der Waals surface area contributed by atoms with Gasteiger partial charge in [-0.25, -0.2) is 13.6 Å². The number of hydrogen-bond acceptors (Lipinski definition) is 4. The normalized spacial score (nSPS) is 25.8. The number of hydrogen-bond donors (Lipinski definition) is 1. The summed E-state index contributed by atoms with van der Waals surface area (Å²) < 4.78 is 29.5. The molecule has 0 aliphatic carbocycles. The molecule has 0 bridgehead atoms. The van der Waals surface area contributed by atoms with Crippen LogP contribution in [0.3, 0.4) is 0 Å². The van der Waals surface area contributed by atoms with Gasteiger partial charge in [0.15, 0.2) is 5.82 Å². The lowest BCUT2D eigenvalue weighted by Gasteiger charge is -2.28. The predicted octanol–water partition coefficient (Wildman–Crippen LogP) is 1.64. The zero-order valence-corrected chi connectivity index (χ0v) is 14.4. The van der Waals surface area contributed by atoms with E-state index < -0.39 is 28.6 Å². The molecule has 0 radical (unpaired) electrons. The molecule has 3 atom stereocenters. The number of carboxylic acids is 1. The maximum absolute atomic E-state index is 14.5. The highest BCUT2D eigenvalue weighted by Gasteiger charge is 2.43. The van der Waals surface area contributed by atoms with Gasteiger partial charge in [0, 0.05) is 30.9 Å². The van der Waals surface area contributed by atoms with Gasteiger partial charge in [0.05, 0.1) is 11.9 Å². The third-order valence-corrected chi connectivity index (χ3v) is 5.78. The zero-order valence-electron chi connectivity index (χ0n) is 14.4. The van der Waals surface area contributed by atoms with Gasteiger partial charge in [-0.15, -0.1) is 0 Å². The molecule has 1 N–H and O–H groups in total. The highest BCUT2D eigenvalue weighted by molar-refractivity contribution is 5.92. The van der Waals surface area contributed by atoms with Gasteiger partial charge in [-0.3, -0.25) is 14.4 Å². The van der Waals surface area contributed by atoms with Gasteiger partial charge in [0.25, 0.3) is 0 Å². The van der Waals surface area contributed by atoms with Crippen molar-refractivity contribution in [2.75, 3.05) is 25.1 Å². The number of aromatic nitrogens is 1. The van der Waals surface area contributed by atoms with Crippen LogP contribution in [0, 0.1) is 17.6 Å². The van der Waals surface area contributed by atoms with Crippen LogP contribution in [0.2, 0.25) is 0 Å². The van der Waals surface area contributed by atoms with E-state index in [0.29, 0.717) is 31.1 Å².